The summed E-state index contributed by atoms with van der Waals surface area (Å²) in [5, 5.41) is 47.4. The van der Waals surface area contributed by atoms with Gasteiger partial charge in [-0.3, -0.25) is 0 Å². The Morgan fingerprint density at radius 3 is 0.621 bits per heavy atom. The Kier molecular flexibility index (Phi) is 31.3. The van der Waals surface area contributed by atoms with Gasteiger partial charge < -0.3 is 30.6 Å². The van der Waals surface area contributed by atoms with Gasteiger partial charge in [0.05, 0.1) is 0 Å². The Morgan fingerprint density at radius 1 is 0.517 bits per heavy atom. The van der Waals surface area contributed by atoms with Gasteiger partial charge in [-0.1, -0.05) is 26.3 Å². The molecule has 0 rings (SSSR count). The minimum atomic E-state index is -0.935. The smallest absolute Gasteiger partial charge is 0.330 e. The second kappa shape index (κ2) is 24.8. The van der Waals surface area contributed by atoms with Gasteiger partial charge in [0, 0.05) is 35.5 Å². The second-order valence-electron chi connectivity index (χ2n) is 5.14. The molecule has 0 radical (unpaired) electrons. The molecule has 10 nitrogen and oxygen atoms in total. The highest BCUT2D eigenvalue weighted by atomic mass is 16.4. The molecule has 10 heteroatoms. The van der Waals surface area contributed by atoms with Crippen LogP contribution in [0.15, 0.2) is 48.6 Å². The van der Waals surface area contributed by atoms with Crippen molar-refractivity contribution in [3.8, 4) is 0 Å². The second-order valence-corrected chi connectivity index (χ2v) is 5.14. The topological polar surface area (TPSA) is 190 Å². The van der Waals surface area contributed by atoms with E-state index < -0.39 is 23.9 Å². The van der Waals surface area contributed by atoms with Crippen LogP contribution >= 0.6 is 0 Å². The van der Waals surface area contributed by atoms with Crippen molar-refractivity contribution < 1.29 is 49.8 Å². The Bertz CT molecular complexity index is 428. The Hall–Kier alpha value is -3.24. The lowest BCUT2D eigenvalue weighted by Gasteiger charge is -1.79. The molecule has 0 amide bonds. The first kappa shape index (κ1) is 36.6. The molecule has 168 valence electrons. The summed E-state index contributed by atoms with van der Waals surface area (Å²) < 4.78 is 0. The van der Waals surface area contributed by atoms with Crippen molar-refractivity contribution in [3.63, 3.8) is 0 Å². The standard InChI is InChI=1S/4C4H6O2.C3H8O2/c4*1-3(2)4(5)6;4-2-1-3-5/h4*1H2,2H3,(H,5,6);4-5H,1-3H2. The molecule has 0 aliphatic heterocycles. The summed E-state index contributed by atoms with van der Waals surface area (Å²) >= 11 is 0. The van der Waals surface area contributed by atoms with Gasteiger partial charge in [-0.2, -0.15) is 0 Å². The highest BCUT2D eigenvalue weighted by Gasteiger charge is 1.91. The maximum absolute atomic E-state index is 9.60. The van der Waals surface area contributed by atoms with E-state index in [1.165, 1.54) is 27.7 Å². The summed E-state index contributed by atoms with van der Waals surface area (Å²) in [6.07, 6.45) is 0.500. The van der Waals surface area contributed by atoms with Gasteiger partial charge in [-0.25, -0.2) is 19.2 Å². The highest BCUT2D eigenvalue weighted by molar-refractivity contribution is 5.85. The lowest BCUT2D eigenvalue weighted by Crippen LogP contribution is -1.92. The third-order valence-corrected chi connectivity index (χ3v) is 1.78. The largest absolute Gasteiger partial charge is 0.478 e. The predicted octanol–water partition coefficient (Wildman–Crippen LogP) is 1.95. The van der Waals surface area contributed by atoms with Gasteiger partial charge >= 0.3 is 23.9 Å². The zero-order valence-corrected chi connectivity index (χ0v) is 17.3. The number of carboxylic acid groups (broad SMARTS) is 4. The predicted molar refractivity (Wildman–Crippen MR) is 109 cm³/mol. The molecule has 0 fully saturated rings. The molecule has 0 heterocycles. The minimum absolute atomic E-state index is 0.0938. The molecule has 0 bridgehead atoms. The molecule has 0 spiro atoms. The van der Waals surface area contributed by atoms with Crippen LogP contribution in [0.4, 0.5) is 0 Å². The third kappa shape index (κ3) is 58.9. The summed E-state index contributed by atoms with van der Waals surface area (Å²) in [7, 11) is 0. The third-order valence-electron chi connectivity index (χ3n) is 1.78. The van der Waals surface area contributed by atoms with Crippen molar-refractivity contribution in [3.05, 3.63) is 48.6 Å². The average molecular weight is 420 g/mol. The summed E-state index contributed by atoms with van der Waals surface area (Å²) in [6, 6.07) is 0. The molecular weight excluding hydrogens is 388 g/mol. The molecule has 0 saturated heterocycles. The summed E-state index contributed by atoms with van der Waals surface area (Å²) in [5.74, 6) is -3.74. The number of aliphatic hydroxyl groups excluding tert-OH is 2. The lowest BCUT2D eigenvalue weighted by molar-refractivity contribution is -0.133. The van der Waals surface area contributed by atoms with Crippen LogP contribution in [0.2, 0.25) is 0 Å². The molecule has 0 aliphatic carbocycles. The fourth-order valence-electron chi connectivity index (χ4n) is 0.0707. The lowest BCUT2D eigenvalue weighted by atomic mass is 10.4. The first-order valence-corrected chi connectivity index (χ1v) is 7.76. The highest BCUT2D eigenvalue weighted by Crippen LogP contribution is 1.82. The van der Waals surface area contributed by atoms with E-state index in [0.29, 0.717) is 6.42 Å². The molecule has 29 heavy (non-hydrogen) atoms. The molecule has 0 unspecified atom stereocenters. The fourth-order valence-corrected chi connectivity index (χ4v) is 0.0707. The molecule has 0 saturated carbocycles. The van der Waals surface area contributed by atoms with E-state index >= 15 is 0 Å². The quantitative estimate of drug-likeness (QED) is 0.346. The van der Waals surface area contributed by atoms with E-state index in [0.717, 1.165) is 0 Å². The van der Waals surface area contributed by atoms with Crippen molar-refractivity contribution in [2.45, 2.75) is 34.1 Å². The van der Waals surface area contributed by atoms with Crippen LogP contribution < -0.4 is 0 Å². The monoisotopic (exact) mass is 420 g/mol. The number of carboxylic acids is 4. The minimum Gasteiger partial charge on any atom is -0.478 e. The van der Waals surface area contributed by atoms with Crippen LogP contribution in [-0.4, -0.2) is 67.7 Å². The van der Waals surface area contributed by atoms with Crippen LogP contribution in [0.3, 0.4) is 0 Å². The number of hydrogen-bond donors (Lipinski definition) is 6. The van der Waals surface area contributed by atoms with Crippen LogP contribution in [-0.2, 0) is 19.2 Å². The Morgan fingerprint density at radius 2 is 0.621 bits per heavy atom. The maximum atomic E-state index is 9.60. The van der Waals surface area contributed by atoms with Gasteiger partial charge in [0.15, 0.2) is 0 Å². The van der Waals surface area contributed by atoms with Crippen molar-refractivity contribution in [1.29, 1.82) is 0 Å². The first-order chi connectivity index (χ1) is 13.0. The van der Waals surface area contributed by atoms with E-state index in [2.05, 4.69) is 26.3 Å². The Balaban J connectivity index is -0.0000000829. The number of hydrogen-bond acceptors (Lipinski definition) is 6. The molecular formula is C19H32O10. The van der Waals surface area contributed by atoms with Crippen molar-refractivity contribution in [2.75, 3.05) is 13.2 Å². The molecule has 0 atom stereocenters. The SMILES string of the molecule is C=C(C)C(=O)O.C=C(C)C(=O)O.C=C(C)C(=O)O.C=C(C)C(=O)O.OCCCO. The first-order valence-electron chi connectivity index (χ1n) is 7.76. The van der Waals surface area contributed by atoms with Crippen LogP contribution in [0.1, 0.15) is 34.1 Å². The van der Waals surface area contributed by atoms with Gasteiger partial charge in [0.25, 0.3) is 0 Å². The van der Waals surface area contributed by atoms with Gasteiger partial charge in [-0.15, -0.1) is 0 Å². The van der Waals surface area contributed by atoms with Crippen LogP contribution in [0, 0.1) is 0 Å². The van der Waals surface area contributed by atoms with Gasteiger partial charge in [0.1, 0.15) is 0 Å². The summed E-state index contributed by atoms with van der Waals surface area (Å²) in [6.45, 7) is 18.6. The maximum Gasteiger partial charge on any atom is 0.330 e. The zero-order valence-electron chi connectivity index (χ0n) is 17.3. The normalized spacial score (nSPS) is 7.66. The molecule has 0 aromatic carbocycles. The van der Waals surface area contributed by atoms with Crippen LogP contribution in [0.25, 0.3) is 0 Å². The van der Waals surface area contributed by atoms with E-state index in [1.54, 1.807) is 0 Å². The van der Waals surface area contributed by atoms with Gasteiger partial charge in [0.2, 0.25) is 0 Å². The molecule has 0 aromatic rings. The molecule has 0 aliphatic rings. The number of rotatable bonds is 6. The average Bonchev–Trinajstić information content (AvgIpc) is 2.57. The fraction of sp³-hybridized carbons (Fsp3) is 0.368. The van der Waals surface area contributed by atoms with E-state index in [1.807, 2.05) is 0 Å². The Labute approximate surface area is 170 Å². The molecule has 0 aromatic heterocycles. The van der Waals surface area contributed by atoms with Gasteiger partial charge in [-0.05, 0) is 34.1 Å². The summed E-state index contributed by atoms with van der Waals surface area (Å²) in [5.41, 5.74) is 0.704. The van der Waals surface area contributed by atoms with E-state index in [9.17, 15) is 19.2 Å². The zero-order chi connectivity index (χ0) is 24.7. The number of carbonyl (C=O) groups is 4. The number of aliphatic carboxylic acids is 4. The number of aliphatic hydroxyl groups is 2. The van der Waals surface area contributed by atoms with E-state index in [4.69, 9.17) is 30.6 Å². The van der Waals surface area contributed by atoms with Crippen molar-refractivity contribution in [1.82, 2.24) is 0 Å². The van der Waals surface area contributed by atoms with Crippen LogP contribution in [0.5, 0.6) is 0 Å². The summed E-state index contributed by atoms with van der Waals surface area (Å²) in [4.78, 5) is 38.4. The van der Waals surface area contributed by atoms with Crippen molar-refractivity contribution in [2.24, 2.45) is 0 Å². The van der Waals surface area contributed by atoms with Crippen molar-refractivity contribution >= 4 is 23.9 Å². The van der Waals surface area contributed by atoms with E-state index in [-0.39, 0.29) is 35.5 Å². The molecule has 6 N–H and O–H groups in total.